The van der Waals surface area contributed by atoms with Crippen LogP contribution < -0.4 is 5.32 Å². The number of rotatable bonds is 5. The number of amides is 1. The standard InChI is InChI=1S/C12H14ClNO3/c1-17-12(16)10-5-3-2-4-9(10)6-7-14-11(15)8-13/h2-5H,6-8H2,1H3,(H,14,15). The first-order chi connectivity index (χ1) is 8.19. The second-order valence-corrected chi connectivity index (χ2v) is 3.65. The van der Waals surface area contributed by atoms with E-state index in [-0.39, 0.29) is 17.8 Å². The summed E-state index contributed by atoms with van der Waals surface area (Å²) in [5.74, 6) is -0.648. The number of hydrogen-bond acceptors (Lipinski definition) is 3. The van der Waals surface area contributed by atoms with E-state index in [1.807, 2.05) is 12.1 Å². The Balaban J connectivity index is 2.64. The highest BCUT2D eigenvalue weighted by Crippen LogP contribution is 2.10. The van der Waals surface area contributed by atoms with Crippen molar-refractivity contribution in [3.8, 4) is 0 Å². The number of halogens is 1. The van der Waals surface area contributed by atoms with Crippen LogP contribution in [0.15, 0.2) is 24.3 Å². The van der Waals surface area contributed by atoms with Gasteiger partial charge in [0.2, 0.25) is 5.91 Å². The van der Waals surface area contributed by atoms with E-state index in [9.17, 15) is 9.59 Å². The highest BCUT2D eigenvalue weighted by molar-refractivity contribution is 6.27. The second kappa shape index (κ2) is 6.91. The molecule has 0 aromatic heterocycles. The fourth-order valence-corrected chi connectivity index (χ4v) is 1.53. The van der Waals surface area contributed by atoms with Crippen LogP contribution in [0.4, 0.5) is 0 Å². The molecule has 0 saturated carbocycles. The van der Waals surface area contributed by atoms with Gasteiger partial charge in [-0.2, -0.15) is 0 Å². The number of methoxy groups -OCH3 is 1. The van der Waals surface area contributed by atoms with Crippen LogP contribution in [0, 0.1) is 0 Å². The van der Waals surface area contributed by atoms with Crippen molar-refractivity contribution in [2.24, 2.45) is 0 Å². The zero-order chi connectivity index (χ0) is 12.7. The quantitative estimate of drug-likeness (QED) is 0.639. The maximum atomic E-state index is 11.5. The number of ether oxygens (including phenoxy) is 1. The maximum absolute atomic E-state index is 11.5. The van der Waals surface area contributed by atoms with E-state index >= 15 is 0 Å². The van der Waals surface area contributed by atoms with Crippen LogP contribution in [0.2, 0.25) is 0 Å². The fourth-order valence-electron chi connectivity index (χ4n) is 1.43. The third kappa shape index (κ3) is 4.07. The van der Waals surface area contributed by atoms with Gasteiger partial charge >= 0.3 is 5.97 Å². The number of alkyl halides is 1. The normalized spacial score (nSPS) is 9.76. The van der Waals surface area contributed by atoms with Crippen molar-refractivity contribution < 1.29 is 14.3 Å². The van der Waals surface area contributed by atoms with E-state index in [0.717, 1.165) is 5.56 Å². The van der Waals surface area contributed by atoms with E-state index in [1.54, 1.807) is 12.1 Å². The Morgan fingerprint density at radius 3 is 2.71 bits per heavy atom. The molecule has 1 aromatic carbocycles. The van der Waals surface area contributed by atoms with Gasteiger partial charge in [-0.3, -0.25) is 4.79 Å². The molecule has 0 aliphatic heterocycles. The van der Waals surface area contributed by atoms with Crippen molar-refractivity contribution >= 4 is 23.5 Å². The molecule has 0 saturated heterocycles. The first-order valence-corrected chi connectivity index (χ1v) is 5.71. The molecule has 1 aromatic rings. The number of nitrogens with one attached hydrogen (secondary N) is 1. The van der Waals surface area contributed by atoms with Crippen LogP contribution in [-0.4, -0.2) is 31.4 Å². The summed E-state index contributed by atoms with van der Waals surface area (Å²) in [6, 6.07) is 7.14. The molecule has 0 fully saturated rings. The van der Waals surface area contributed by atoms with Crippen LogP contribution in [0.3, 0.4) is 0 Å². The highest BCUT2D eigenvalue weighted by atomic mass is 35.5. The second-order valence-electron chi connectivity index (χ2n) is 3.38. The van der Waals surface area contributed by atoms with Gasteiger partial charge in [-0.25, -0.2) is 4.79 Å². The Labute approximate surface area is 105 Å². The average Bonchev–Trinajstić information content (AvgIpc) is 2.38. The fraction of sp³-hybridized carbons (Fsp3) is 0.333. The summed E-state index contributed by atoms with van der Waals surface area (Å²) in [6.45, 7) is 0.444. The van der Waals surface area contributed by atoms with Gasteiger partial charge < -0.3 is 10.1 Å². The maximum Gasteiger partial charge on any atom is 0.338 e. The zero-order valence-corrected chi connectivity index (χ0v) is 10.3. The molecular weight excluding hydrogens is 242 g/mol. The van der Waals surface area contributed by atoms with Gasteiger partial charge in [-0.1, -0.05) is 18.2 Å². The molecule has 0 aliphatic rings. The molecule has 5 heteroatoms. The van der Waals surface area contributed by atoms with Gasteiger partial charge in [0.1, 0.15) is 5.88 Å². The molecular formula is C12H14ClNO3. The minimum absolute atomic E-state index is 0.0569. The Kier molecular flexibility index (Phi) is 5.49. The predicted molar refractivity (Wildman–Crippen MR) is 65.2 cm³/mol. The van der Waals surface area contributed by atoms with E-state index in [4.69, 9.17) is 11.6 Å². The first kappa shape index (κ1) is 13.5. The average molecular weight is 256 g/mol. The summed E-state index contributed by atoms with van der Waals surface area (Å²) in [5.41, 5.74) is 1.37. The van der Waals surface area contributed by atoms with Crippen LogP contribution in [0.5, 0.6) is 0 Å². The number of carbonyl (C=O) groups is 2. The Hall–Kier alpha value is -1.55. The topological polar surface area (TPSA) is 55.4 Å². The minimum atomic E-state index is -0.371. The molecule has 1 N–H and O–H groups in total. The predicted octanol–water partition coefficient (Wildman–Crippen LogP) is 1.37. The van der Waals surface area contributed by atoms with Gasteiger partial charge in [0.05, 0.1) is 12.7 Å². The largest absolute Gasteiger partial charge is 0.465 e. The van der Waals surface area contributed by atoms with Crippen LogP contribution in [0.1, 0.15) is 15.9 Å². The third-order valence-corrected chi connectivity index (χ3v) is 2.50. The Morgan fingerprint density at radius 2 is 2.06 bits per heavy atom. The molecule has 0 spiro atoms. The van der Waals surface area contributed by atoms with Gasteiger partial charge in [0, 0.05) is 6.54 Å². The molecule has 0 radical (unpaired) electrons. The van der Waals surface area contributed by atoms with E-state index in [2.05, 4.69) is 10.1 Å². The zero-order valence-electron chi connectivity index (χ0n) is 9.53. The summed E-state index contributed by atoms with van der Waals surface area (Å²) in [5, 5.41) is 2.64. The number of hydrogen-bond donors (Lipinski definition) is 1. The lowest BCUT2D eigenvalue weighted by Crippen LogP contribution is -2.27. The SMILES string of the molecule is COC(=O)c1ccccc1CCNC(=O)CCl. The van der Waals surface area contributed by atoms with Crippen molar-refractivity contribution in [2.75, 3.05) is 19.5 Å². The lowest BCUT2D eigenvalue weighted by Gasteiger charge is -2.08. The smallest absolute Gasteiger partial charge is 0.338 e. The molecule has 0 bridgehead atoms. The van der Waals surface area contributed by atoms with Crippen molar-refractivity contribution in [1.82, 2.24) is 5.32 Å². The Bertz CT molecular complexity index is 406. The minimum Gasteiger partial charge on any atom is -0.465 e. The van der Waals surface area contributed by atoms with Crippen molar-refractivity contribution in [3.63, 3.8) is 0 Å². The Morgan fingerprint density at radius 1 is 1.35 bits per heavy atom. The van der Waals surface area contributed by atoms with Crippen LogP contribution >= 0.6 is 11.6 Å². The lowest BCUT2D eigenvalue weighted by atomic mass is 10.0. The summed E-state index contributed by atoms with van der Waals surface area (Å²) >= 11 is 5.35. The molecule has 0 aliphatic carbocycles. The van der Waals surface area contributed by atoms with Gasteiger partial charge in [-0.05, 0) is 18.1 Å². The number of carbonyl (C=O) groups excluding carboxylic acids is 2. The van der Waals surface area contributed by atoms with Crippen molar-refractivity contribution in [2.45, 2.75) is 6.42 Å². The molecule has 4 nitrogen and oxygen atoms in total. The lowest BCUT2D eigenvalue weighted by molar-refractivity contribution is -0.118. The third-order valence-electron chi connectivity index (χ3n) is 2.26. The summed E-state index contributed by atoms with van der Waals surface area (Å²) in [6.07, 6.45) is 0.563. The van der Waals surface area contributed by atoms with Gasteiger partial charge in [0.25, 0.3) is 0 Å². The highest BCUT2D eigenvalue weighted by Gasteiger charge is 2.10. The molecule has 1 rings (SSSR count). The van der Waals surface area contributed by atoms with Crippen LogP contribution in [-0.2, 0) is 16.0 Å². The van der Waals surface area contributed by atoms with Gasteiger partial charge in [-0.15, -0.1) is 11.6 Å². The number of esters is 1. The molecule has 92 valence electrons. The molecule has 0 heterocycles. The summed E-state index contributed by atoms with van der Waals surface area (Å²) in [7, 11) is 1.34. The van der Waals surface area contributed by atoms with Gasteiger partial charge in [0.15, 0.2) is 0 Å². The van der Waals surface area contributed by atoms with Crippen LogP contribution in [0.25, 0.3) is 0 Å². The summed E-state index contributed by atoms with van der Waals surface area (Å²) < 4.78 is 4.68. The van der Waals surface area contributed by atoms with Crippen molar-refractivity contribution in [1.29, 1.82) is 0 Å². The molecule has 1 amide bonds. The summed E-state index contributed by atoms with van der Waals surface area (Å²) in [4.78, 5) is 22.4. The van der Waals surface area contributed by atoms with E-state index < -0.39 is 0 Å². The molecule has 0 unspecified atom stereocenters. The monoisotopic (exact) mass is 255 g/mol. The number of benzene rings is 1. The van der Waals surface area contributed by atoms with E-state index in [0.29, 0.717) is 18.5 Å². The van der Waals surface area contributed by atoms with Crippen molar-refractivity contribution in [3.05, 3.63) is 35.4 Å². The van der Waals surface area contributed by atoms with E-state index in [1.165, 1.54) is 7.11 Å². The molecule has 0 atom stereocenters. The first-order valence-electron chi connectivity index (χ1n) is 5.18. The molecule has 17 heavy (non-hydrogen) atoms.